The van der Waals surface area contributed by atoms with E-state index in [0.717, 1.165) is 0 Å². The molecule has 1 unspecified atom stereocenters. The van der Waals surface area contributed by atoms with E-state index in [-0.39, 0.29) is 45.3 Å². The van der Waals surface area contributed by atoms with Crippen molar-refractivity contribution >= 4 is 34.1 Å². The minimum Gasteiger partial charge on any atom is -0.489 e. The largest absolute Gasteiger partial charge is 0.489 e. The van der Waals surface area contributed by atoms with Crippen molar-refractivity contribution in [2.75, 3.05) is 13.2 Å². The third-order valence-corrected chi connectivity index (χ3v) is 4.88. The van der Waals surface area contributed by atoms with Crippen LogP contribution in [0, 0.1) is 28.1 Å². The summed E-state index contributed by atoms with van der Waals surface area (Å²) in [4.78, 5) is 38.0. The fraction of sp³-hybridized carbons (Fsp3) is 0.211. The lowest BCUT2D eigenvalue weighted by atomic mass is 10.1. The van der Waals surface area contributed by atoms with Crippen LogP contribution in [0.2, 0.25) is 10.0 Å². The first-order valence-corrected chi connectivity index (χ1v) is 9.31. The third-order valence-electron chi connectivity index (χ3n) is 4.31. The Morgan fingerprint density at radius 3 is 2.53 bits per heavy atom. The summed E-state index contributed by atoms with van der Waals surface area (Å²) in [6.45, 7) is 1.10. The van der Waals surface area contributed by atoms with Crippen LogP contribution in [0.1, 0.15) is 11.3 Å². The summed E-state index contributed by atoms with van der Waals surface area (Å²) < 4.78 is 7.19. The number of nitrogens with zero attached hydrogens (tertiary/aromatic N) is 5. The molecule has 0 bridgehead atoms. The van der Waals surface area contributed by atoms with Crippen LogP contribution in [0.5, 0.6) is 5.75 Å². The van der Waals surface area contributed by atoms with Crippen LogP contribution in [0.4, 0.5) is 0 Å². The average molecular weight is 446 g/mol. The number of nitriles is 1. The molecule has 0 aliphatic carbocycles. The summed E-state index contributed by atoms with van der Waals surface area (Å²) in [6, 6.07) is 5.29. The molecular formula is C19H13Cl2N5O4. The lowest BCUT2D eigenvalue weighted by Gasteiger charge is -2.19. The molecule has 2 aromatic heterocycles. The fourth-order valence-corrected chi connectivity index (χ4v) is 3.66. The maximum Gasteiger partial charge on any atom is 0.193 e. The van der Waals surface area contributed by atoms with Crippen LogP contribution >= 0.6 is 23.2 Å². The van der Waals surface area contributed by atoms with E-state index in [2.05, 4.69) is 15.3 Å². The Morgan fingerprint density at radius 1 is 1.23 bits per heavy atom. The molecule has 3 rings (SSSR count). The minimum atomic E-state index is -0.993. The van der Waals surface area contributed by atoms with Gasteiger partial charge in [0.05, 0.1) is 50.7 Å². The van der Waals surface area contributed by atoms with Crippen molar-refractivity contribution in [3.63, 3.8) is 0 Å². The number of ether oxygens (including phenoxy) is 1. The van der Waals surface area contributed by atoms with Crippen molar-refractivity contribution in [3.05, 3.63) is 71.9 Å². The quantitative estimate of drug-likeness (QED) is 0.502. The summed E-state index contributed by atoms with van der Waals surface area (Å²) in [5.74, 6) is 0.103. The molecule has 11 heteroatoms. The van der Waals surface area contributed by atoms with E-state index in [9.17, 15) is 14.6 Å². The Balaban J connectivity index is 2.22. The highest BCUT2D eigenvalue weighted by Crippen LogP contribution is 2.34. The van der Waals surface area contributed by atoms with Crippen molar-refractivity contribution < 1.29 is 4.74 Å². The van der Waals surface area contributed by atoms with E-state index in [0.29, 0.717) is 16.9 Å². The molecule has 0 amide bonds. The number of benzene rings is 1. The highest BCUT2D eigenvalue weighted by molar-refractivity contribution is 6.38. The van der Waals surface area contributed by atoms with E-state index < -0.39 is 6.04 Å². The van der Waals surface area contributed by atoms with E-state index in [4.69, 9.17) is 33.2 Å². The van der Waals surface area contributed by atoms with Gasteiger partial charge in [-0.25, -0.2) is 0 Å². The highest BCUT2D eigenvalue weighted by Gasteiger charge is 2.19. The zero-order chi connectivity index (χ0) is 21.8. The third kappa shape index (κ3) is 4.01. The molecule has 2 heterocycles. The Morgan fingerprint density at radius 2 is 1.93 bits per heavy atom. The molecule has 1 atom stereocenters. The zero-order valence-corrected chi connectivity index (χ0v) is 17.0. The SMILES string of the molecule is Cc1cc(=O)c2c(OCC(CN=O)N=O)cncc2n1-c1c(Cl)cc(C#N)cc1Cl. The van der Waals surface area contributed by atoms with E-state index in [1.807, 2.05) is 6.07 Å². The fourth-order valence-electron chi connectivity index (χ4n) is 3.00. The first kappa shape index (κ1) is 21.4. The Kier molecular flexibility index (Phi) is 6.40. The molecule has 0 saturated carbocycles. The van der Waals surface area contributed by atoms with Gasteiger partial charge in [-0.1, -0.05) is 33.6 Å². The molecule has 0 N–H and O–H groups in total. The number of hydrogen-bond donors (Lipinski definition) is 0. The van der Waals surface area contributed by atoms with Crippen molar-refractivity contribution in [2.24, 2.45) is 10.4 Å². The van der Waals surface area contributed by atoms with Gasteiger partial charge in [0.1, 0.15) is 19.2 Å². The van der Waals surface area contributed by atoms with Gasteiger partial charge < -0.3 is 9.30 Å². The van der Waals surface area contributed by atoms with Gasteiger partial charge in [-0.15, -0.1) is 0 Å². The van der Waals surface area contributed by atoms with Crippen molar-refractivity contribution in [1.29, 1.82) is 5.26 Å². The highest BCUT2D eigenvalue weighted by atomic mass is 35.5. The van der Waals surface area contributed by atoms with Crippen LogP contribution in [0.25, 0.3) is 16.6 Å². The second-order valence-corrected chi connectivity index (χ2v) is 7.11. The van der Waals surface area contributed by atoms with Crippen LogP contribution < -0.4 is 10.2 Å². The van der Waals surface area contributed by atoms with E-state index in [1.54, 1.807) is 11.5 Å². The predicted octanol–water partition coefficient (Wildman–Crippen LogP) is 4.15. The molecule has 0 spiro atoms. The zero-order valence-electron chi connectivity index (χ0n) is 15.5. The van der Waals surface area contributed by atoms with Crippen LogP contribution in [-0.4, -0.2) is 28.7 Å². The smallest absolute Gasteiger partial charge is 0.193 e. The van der Waals surface area contributed by atoms with Gasteiger partial charge in [0.15, 0.2) is 11.2 Å². The molecular weight excluding hydrogens is 433 g/mol. The van der Waals surface area contributed by atoms with Gasteiger partial charge in [0, 0.05) is 11.8 Å². The van der Waals surface area contributed by atoms with Crippen LogP contribution in [0.15, 0.2) is 45.7 Å². The Hall–Kier alpha value is -3.35. The number of nitroso groups, excluding NO2 is 2. The molecule has 1 aromatic carbocycles. The topological polar surface area (TPSA) is 127 Å². The summed E-state index contributed by atoms with van der Waals surface area (Å²) in [5.41, 5.74) is 1.19. The van der Waals surface area contributed by atoms with Gasteiger partial charge in [0.25, 0.3) is 0 Å². The van der Waals surface area contributed by atoms with E-state index in [1.165, 1.54) is 30.6 Å². The van der Waals surface area contributed by atoms with Crippen LogP contribution in [-0.2, 0) is 0 Å². The molecule has 0 aliphatic rings. The first-order valence-electron chi connectivity index (χ1n) is 8.55. The van der Waals surface area contributed by atoms with Crippen molar-refractivity contribution in [3.8, 4) is 17.5 Å². The number of aryl methyl sites for hydroxylation is 1. The molecule has 30 heavy (non-hydrogen) atoms. The summed E-state index contributed by atoms with van der Waals surface area (Å²) in [6.07, 6.45) is 2.77. The molecule has 152 valence electrons. The second-order valence-electron chi connectivity index (χ2n) is 6.30. The maximum absolute atomic E-state index is 12.7. The Bertz CT molecular complexity index is 1230. The molecule has 0 radical (unpaired) electrons. The molecule has 0 saturated heterocycles. The minimum absolute atomic E-state index is 0.103. The summed E-state index contributed by atoms with van der Waals surface area (Å²) in [5, 5.41) is 15.1. The van der Waals surface area contributed by atoms with Gasteiger partial charge in [-0.05, 0) is 19.1 Å². The standard InChI is InChI=1S/C19H13Cl2N5O4/c1-10-2-16(27)18-15(7-23-8-17(18)30-9-12(25-29)6-24-28)26(10)19-13(20)3-11(5-22)4-14(19)21/h2-4,7-8,12H,6,9H2,1H3. The van der Waals surface area contributed by atoms with Gasteiger partial charge in [-0.2, -0.15) is 15.1 Å². The number of hydrogen-bond acceptors (Lipinski definition) is 8. The normalized spacial score (nSPS) is 11.7. The first-order chi connectivity index (χ1) is 14.4. The lowest BCUT2D eigenvalue weighted by Crippen LogP contribution is -2.20. The molecule has 0 aliphatic heterocycles. The average Bonchev–Trinajstić information content (AvgIpc) is 2.72. The predicted molar refractivity (Wildman–Crippen MR) is 113 cm³/mol. The van der Waals surface area contributed by atoms with Gasteiger partial charge in [-0.3, -0.25) is 9.78 Å². The maximum atomic E-state index is 12.7. The van der Waals surface area contributed by atoms with E-state index >= 15 is 0 Å². The number of pyridine rings is 2. The lowest BCUT2D eigenvalue weighted by molar-refractivity contribution is 0.293. The van der Waals surface area contributed by atoms with Gasteiger partial charge in [0.2, 0.25) is 0 Å². The van der Waals surface area contributed by atoms with Crippen LogP contribution in [0.3, 0.4) is 0 Å². The van der Waals surface area contributed by atoms with Crippen molar-refractivity contribution in [2.45, 2.75) is 13.0 Å². The molecule has 9 nitrogen and oxygen atoms in total. The summed E-state index contributed by atoms with van der Waals surface area (Å²) in [7, 11) is 0. The number of rotatable bonds is 7. The van der Waals surface area contributed by atoms with Crippen molar-refractivity contribution in [1.82, 2.24) is 9.55 Å². The monoisotopic (exact) mass is 445 g/mol. The Labute approximate surface area is 179 Å². The number of aromatic nitrogens is 2. The second kappa shape index (κ2) is 8.98. The van der Waals surface area contributed by atoms with Gasteiger partial charge >= 0.3 is 0 Å². The summed E-state index contributed by atoms with van der Waals surface area (Å²) >= 11 is 12.8. The molecule has 0 fully saturated rings. The number of fused-ring (bicyclic) bond motifs is 1. The molecule has 3 aromatic rings. The number of halogens is 2.